The van der Waals surface area contributed by atoms with Gasteiger partial charge < -0.3 is 14.5 Å². The second kappa shape index (κ2) is 12.2. The second-order valence-corrected chi connectivity index (χ2v) is 7.47. The van der Waals surface area contributed by atoms with Crippen molar-refractivity contribution in [2.75, 3.05) is 12.4 Å². The molecule has 3 rings (SSSR count). The van der Waals surface area contributed by atoms with E-state index in [9.17, 15) is 9.59 Å². The minimum absolute atomic E-state index is 0.0924. The van der Waals surface area contributed by atoms with Crippen LogP contribution in [0.15, 0.2) is 82.5 Å². The molecule has 0 atom stereocenters. The van der Waals surface area contributed by atoms with Crippen LogP contribution in [-0.2, 0) is 21.9 Å². The second-order valence-electron chi connectivity index (χ2n) is 6.49. The third-order valence-electron chi connectivity index (χ3n) is 4.04. The highest BCUT2D eigenvalue weighted by Gasteiger charge is 2.04. The van der Waals surface area contributed by atoms with Gasteiger partial charge in [-0.15, -0.1) is 11.8 Å². The highest BCUT2D eigenvalue weighted by atomic mass is 32.2. The number of nitrogens with zero attached hydrogens (tertiary/aromatic N) is 1. The molecule has 1 heterocycles. The summed E-state index contributed by atoms with van der Waals surface area (Å²) in [6.45, 7) is 0.228. The van der Waals surface area contributed by atoms with Gasteiger partial charge >= 0.3 is 0 Å². The van der Waals surface area contributed by atoms with Gasteiger partial charge in [-0.25, -0.2) is 5.43 Å². The molecule has 0 fully saturated rings. The van der Waals surface area contributed by atoms with E-state index in [2.05, 4.69) is 15.8 Å². The van der Waals surface area contributed by atoms with Crippen molar-refractivity contribution < 1.29 is 18.7 Å². The summed E-state index contributed by atoms with van der Waals surface area (Å²) in [4.78, 5) is 23.6. The minimum atomic E-state index is -0.241. The summed E-state index contributed by atoms with van der Waals surface area (Å²) in [5.74, 6) is 1.96. The fraction of sp³-hybridized carbons (Fsp3) is 0.174. The summed E-state index contributed by atoms with van der Waals surface area (Å²) >= 11 is 1.53. The van der Waals surface area contributed by atoms with Gasteiger partial charge in [-0.1, -0.05) is 30.3 Å². The van der Waals surface area contributed by atoms with Crippen LogP contribution in [0.5, 0.6) is 5.75 Å². The summed E-state index contributed by atoms with van der Waals surface area (Å²) in [6, 6.07) is 20.6. The zero-order valence-electron chi connectivity index (χ0n) is 16.8. The predicted molar refractivity (Wildman–Crippen MR) is 121 cm³/mol. The Balaban J connectivity index is 1.32. The molecule has 8 heteroatoms. The maximum Gasteiger partial charge on any atom is 0.258 e. The Bertz CT molecular complexity index is 974. The average Bonchev–Trinajstić information content (AvgIpc) is 3.32. The number of nitrogens with one attached hydrogen (secondary N) is 2. The molecule has 2 amide bonds. The van der Waals surface area contributed by atoms with Gasteiger partial charge in [0.15, 0.2) is 6.61 Å². The summed E-state index contributed by atoms with van der Waals surface area (Å²) < 4.78 is 10.6. The van der Waals surface area contributed by atoms with Crippen LogP contribution >= 0.6 is 11.8 Å². The van der Waals surface area contributed by atoms with E-state index in [0.717, 1.165) is 11.3 Å². The van der Waals surface area contributed by atoms with Crippen LogP contribution in [0.3, 0.4) is 0 Å². The lowest BCUT2D eigenvalue weighted by Gasteiger charge is -2.06. The van der Waals surface area contributed by atoms with Crippen molar-refractivity contribution in [1.82, 2.24) is 10.7 Å². The van der Waals surface area contributed by atoms with Crippen molar-refractivity contribution in [3.8, 4) is 5.75 Å². The summed E-state index contributed by atoms with van der Waals surface area (Å²) in [5.41, 5.74) is 4.50. The number of hydrogen-bond donors (Lipinski definition) is 2. The van der Waals surface area contributed by atoms with Crippen molar-refractivity contribution in [1.29, 1.82) is 0 Å². The van der Waals surface area contributed by atoms with Crippen molar-refractivity contribution in [2.45, 2.75) is 12.3 Å². The number of hydrazone groups is 1. The first-order valence-electron chi connectivity index (χ1n) is 9.64. The fourth-order valence-electron chi connectivity index (χ4n) is 2.50. The first kappa shape index (κ1) is 22.2. The van der Waals surface area contributed by atoms with E-state index in [-0.39, 0.29) is 18.4 Å². The third-order valence-corrected chi connectivity index (χ3v) is 5.04. The fourth-order valence-corrected chi connectivity index (χ4v) is 3.28. The van der Waals surface area contributed by atoms with Crippen LogP contribution in [0.4, 0.5) is 0 Å². The smallest absolute Gasteiger partial charge is 0.258 e. The van der Waals surface area contributed by atoms with E-state index in [4.69, 9.17) is 9.15 Å². The van der Waals surface area contributed by atoms with Crippen LogP contribution in [0.2, 0.25) is 0 Å². The lowest BCUT2D eigenvalue weighted by atomic mass is 10.2. The molecule has 0 aliphatic heterocycles. The quantitative estimate of drug-likeness (QED) is 0.354. The molecular weight excluding hydrogens is 414 g/mol. The number of rotatable bonds is 11. The molecule has 0 spiro atoms. The van der Waals surface area contributed by atoms with Crippen molar-refractivity contribution >= 4 is 29.8 Å². The van der Waals surface area contributed by atoms with Gasteiger partial charge in [0.05, 0.1) is 24.8 Å². The van der Waals surface area contributed by atoms with Crippen LogP contribution in [0.25, 0.3) is 0 Å². The monoisotopic (exact) mass is 437 g/mol. The average molecular weight is 438 g/mol. The Morgan fingerprint density at radius 2 is 1.81 bits per heavy atom. The molecule has 160 valence electrons. The Morgan fingerprint density at radius 3 is 2.55 bits per heavy atom. The number of carbonyl (C=O) groups is 2. The molecule has 2 N–H and O–H groups in total. The van der Waals surface area contributed by atoms with Crippen molar-refractivity contribution in [2.24, 2.45) is 5.10 Å². The Hall–Kier alpha value is -3.52. The molecule has 3 aromatic rings. The maximum absolute atomic E-state index is 11.8. The van der Waals surface area contributed by atoms with Gasteiger partial charge in [0, 0.05) is 5.75 Å². The van der Waals surface area contributed by atoms with E-state index in [0.29, 0.717) is 23.8 Å². The number of amides is 2. The number of ether oxygens (including phenoxy) is 1. The lowest BCUT2D eigenvalue weighted by molar-refractivity contribution is -0.123. The number of carbonyl (C=O) groups excluding carboxylic acids is 2. The van der Waals surface area contributed by atoms with E-state index in [1.54, 1.807) is 48.9 Å². The number of thioether (sulfide) groups is 1. The first-order valence-corrected chi connectivity index (χ1v) is 10.8. The molecule has 0 radical (unpaired) electrons. The molecule has 31 heavy (non-hydrogen) atoms. The number of benzene rings is 2. The van der Waals surface area contributed by atoms with Crippen molar-refractivity contribution in [3.05, 3.63) is 89.9 Å². The molecule has 0 saturated heterocycles. The zero-order valence-corrected chi connectivity index (χ0v) is 17.6. The van der Waals surface area contributed by atoms with Crippen LogP contribution in [-0.4, -0.2) is 30.4 Å². The maximum atomic E-state index is 11.8. The Morgan fingerprint density at radius 1 is 1.00 bits per heavy atom. The first-order chi connectivity index (χ1) is 15.2. The molecule has 0 aliphatic rings. The van der Waals surface area contributed by atoms with E-state index < -0.39 is 0 Å². The van der Waals surface area contributed by atoms with Gasteiger partial charge in [-0.3, -0.25) is 9.59 Å². The zero-order chi connectivity index (χ0) is 21.7. The molecule has 2 aromatic carbocycles. The molecule has 1 aromatic heterocycles. The SMILES string of the molecule is O=C(COc1ccc(/C=N\NC(=O)CSCc2ccccc2)cc1)NCc1ccco1. The highest BCUT2D eigenvalue weighted by Crippen LogP contribution is 2.12. The van der Waals surface area contributed by atoms with Gasteiger partial charge in [0.2, 0.25) is 5.91 Å². The van der Waals surface area contributed by atoms with Gasteiger partial charge in [0.1, 0.15) is 11.5 Å². The standard InChI is InChI=1S/C23H23N3O4S/c27-22(24-14-21-7-4-12-29-21)15-30-20-10-8-18(9-11-20)13-25-26-23(28)17-31-16-19-5-2-1-3-6-19/h1-13H,14-17H2,(H,24,27)(H,26,28)/b25-13-. The van der Waals surface area contributed by atoms with Gasteiger partial charge in [0.25, 0.3) is 5.91 Å². The normalized spacial score (nSPS) is 10.7. The number of hydrogen-bond acceptors (Lipinski definition) is 6. The topological polar surface area (TPSA) is 92.9 Å². The van der Waals surface area contributed by atoms with E-state index in [1.165, 1.54) is 17.3 Å². The van der Waals surface area contributed by atoms with Gasteiger partial charge in [-0.05, 0) is 47.5 Å². The summed E-state index contributed by atoms with van der Waals surface area (Å²) in [6.07, 6.45) is 3.11. The third kappa shape index (κ3) is 8.39. The van der Waals surface area contributed by atoms with Crippen LogP contribution in [0, 0.1) is 0 Å². The molecule has 0 aliphatic carbocycles. The van der Waals surface area contributed by atoms with E-state index >= 15 is 0 Å². The molecule has 0 unspecified atom stereocenters. The number of furan rings is 1. The van der Waals surface area contributed by atoms with Crippen molar-refractivity contribution in [3.63, 3.8) is 0 Å². The molecule has 0 saturated carbocycles. The highest BCUT2D eigenvalue weighted by molar-refractivity contribution is 7.99. The minimum Gasteiger partial charge on any atom is -0.484 e. The largest absolute Gasteiger partial charge is 0.484 e. The summed E-state index contributed by atoms with van der Waals surface area (Å²) in [5, 5.41) is 6.68. The predicted octanol–water partition coefficient (Wildman–Crippen LogP) is 3.36. The summed E-state index contributed by atoms with van der Waals surface area (Å²) in [7, 11) is 0. The lowest BCUT2D eigenvalue weighted by Crippen LogP contribution is -2.28. The Kier molecular flexibility index (Phi) is 8.75. The van der Waals surface area contributed by atoms with Crippen LogP contribution in [0.1, 0.15) is 16.9 Å². The van der Waals surface area contributed by atoms with E-state index in [1.807, 2.05) is 30.3 Å². The Labute approximate surface area is 184 Å². The van der Waals surface area contributed by atoms with Crippen LogP contribution < -0.4 is 15.5 Å². The molecule has 0 bridgehead atoms. The molecular formula is C23H23N3O4S. The molecule has 7 nitrogen and oxygen atoms in total. The van der Waals surface area contributed by atoms with Gasteiger partial charge in [-0.2, -0.15) is 5.10 Å².